The molecule has 1 saturated carbocycles. The van der Waals surface area contributed by atoms with Gasteiger partial charge in [0.05, 0.1) is 6.10 Å². The standard InChI is InChI=1S/C16H21NO2/c18-14-7-5-12(6-8-14)11-17-10-9-13-3-1-2-4-15(13)16(17)19/h1-4,12,14,18H,5-11H2. The third kappa shape index (κ3) is 2.66. The molecule has 0 aromatic heterocycles. The van der Waals surface area contributed by atoms with Gasteiger partial charge in [0, 0.05) is 18.7 Å². The molecule has 3 heteroatoms. The number of hydrogen-bond donors (Lipinski definition) is 1. The highest BCUT2D eigenvalue weighted by atomic mass is 16.3. The second-order valence-corrected chi connectivity index (χ2v) is 5.83. The first-order chi connectivity index (χ1) is 9.24. The molecule has 0 spiro atoms. The predicted octanol–water partition coefficient (Wildman–Crippen LogP) is 2.24. The van der Waals surface area contributed by atoms with Gasteiger partial charge >= 0.3 is 0 Å². The Morgan fingerprint density at radius 2 is 1.89 bits per heavy atom. The molecule has 2 aliphatic rings. The molecule has 1 fully saturated rings. The lowest BCUT2D eigenvalue weighted by Crippen LogP contribution is -2.41. The Kier molecular flexibility index (Phi) is 3.56. The number of benzene rings is 1. The van der Waals surface area contributed by atoms with Crippen molar-refractivity contribution in [1.29, 1.82) is 0 Å². The van der Waals surface area contributed by atoms with Crippen LogP contribution in [0.2, 0.25) is 0 Å². The van der Waals surface area contributed by atoms with Gasteiger partial charge in [-0.2, -0.15) is 0 Å². The lowest BCUT2D eigenvalue weighted by molar-refractivity contribution is 0.0637. The van der Waals surface area contributed by atoms with Crippen molar-refractivity contribution in [2.45, 2.75) is 38.2 Å². The van der Waals surface area contributed by atoms with Crippen LogP contribution in [0.15, 0.2) is 24.3 Å². The summed E-state index contributed by atoms with van der Waals surface area (Å²) in [6.07, 6.45) is 4.73. The number of aliphatic hydroxyl groups is 1. The molecule has 1 aromatic rings. The predicted molar refractivity (Wildman–Crippen MR) is 74.0 cm³/mol. The summed E-state index contributed by atoms with van der Waals surface area (Å²) in [5.74, 6) is 0.755. The largest absolute Gasteiger partial charge is 0.393 e. The molecule has 1 aliphatic carbocycles. The number of amides is 1. The third-order valence-electron chi connectivity index (χ3n) is 4.48. The van der Waals surface area contributed by atoms with E-state index in [4.69, 9.17) is 0 Å². The molecule has 1 N–H and O–H groups in total. The second kappa shape index (κ2) is 5.33. The molecular formula is C16H21NO2. The maximum Gasteiger partial charge on any atom is 0.254 e. The molecule has 0 atom stereocenters. The number of hydrogen-bond acceptors (Lipinski definition) is 2. The average molecular weight is 259 g/mol. The first kappa shape index (κ1) is 12.7. The summed E-state index contributed by atoms with van der Waals surface area (Å²) in [4.78, 5) is 14.4. The topological polar surface area (TPSA) is 40.5 Å². The van der Waals surface area contributed by atoms with E-state index in [-0.39, 0.29) is 12.0 Å². The van der Waals surface area contributed by atoms with E-state index in [1.807, 2.05) is 23.1 Å². The fourth-order valence-corrected chi connectivity index (χ4v) is 3.29. The number of aliphatic hydroxyl groups excluding tert-OH is 1. The summed E-state index contributed by atoms with van der Waals surface area (Å²) in [5.41, 5.74) is 2.06. The molecule has 3 nitrogen and oxygen atoms in total. The molecule has 3 rings (SSSR count). The summed E-state index contributed by atoms with van der Waals surface area (Å²) in [7, 11) is 0. The fourth-order valence-electron chi connectivity index (χ4n) is 3.29. The summed E-state index contributed by atoms with van der Waals surface area (Å²) < 4.78 is 0. The minimum absolute atomic E-state index is 0.117. The molecule has 1 aliphatic heterocycles. The van der Waals surface area contributed by atoms with E-state index in [0.29, 0.717) is 5.92 Å². The first-order valence-electron chi connectivity index (χ1n) is 7.29. The van der Waals surface area contributed by atoms with Crippen LogP contribution >= 0.6 is 0 Å². The number of carbonyl (C=O) groups excluding carboxylic acids is 1. The van der Waals surface area contributed by atoms with Crippen LogP contribution in [-0.2, 0) is 6.42 Å². The second-order valence-electron chi connectivity index (χ2n) is 5.83. The molecular weight excluding hydrogens is 238 g/mol. The van der Waals surface area contributed by atoms with Crippen molar-refractivity contribution in [3.8, 4) is 0 Å². The van der Waals surface area contributed by atoms with Crippen molar-refractivity contribution in [3.05, 3.63) is 35.4 Å². The molecule has 0 bridgehead atoms. The van der Waals surface area contributed by atoms with E-state index in [1.165, 1.54) is 5.56 Å². The van der Waals surface area contributed by atoms with Crippen molar-refractivity contribution in [2.24, 2.45) is 5.92 Å². The van der Waals surface area contributed by atoms with E-state index in [2.05, 4.69) is 6.07 Å². The Bertz CT molecular complexity index is 464. The molecule has 0 radical (unpaired) electrons. The van der Waals surface area contributed by atoms with Gasteiger partial charge in [-0.05, 0) is 49.7 Å². The van der Waals surface area contributed by atoms with Gasteiger partial charge < -0.3 is 10.0 Å². The van der Waals surface area contributed by atoms with Crippen LogP contribution in [0.4, 0.5) is 0 Å². The van der Waals surface area contributed by atoms with Crippen LogP contribution < -0.4 is 0 Å². The normalized spacial score (nSPS) is 27.2. The summed E-state index contributed by atoms with van der Waals surface area (Å²) in [6, 6.07) is 7.94. The summed E-state index contributed by atoms with van der Waals surface area (Å²) >= 11 is 0. The fraction of sp³-hybridized carbons (Fsp3) is 0.562. The molecule has 0 unspecified atom stereocenters. The quantitative estimate of drug-likeness (QED) is 0.885. The van der Waals surface area contributed by atoms with Crippen molar-refractivity contribution in [3.63, 3.8) is 0 Å². The Labute approximate surface area is 114 Å². The smallest absolute Gasteiger partial charge is 0.254 e. The zero-order valence-electron chi connectivity index (χ0n) is 11.2. The van der Waals surface area contributed by atoms with Crippen LogP contribution in [0.5, 0.6) is 0 Å². The maximum absolute atomic E-state index is 12.4. The molecule has 1 heterocycles. The zero-order valence-corrected chi connectivity index (χ0v) is 11.2. The number of nitrogens with zero attached hydrogens (tertiary/aromatic N) is 1. The van der Waals surface area contributed by atoms with Crippen LogP contribution in [0, 0.1) is 5.92 Å². The van der Waals surface area contributed by atoms with Crippen molar-refractivity contribution in [1.82, 2.24) is 4.90 Å². The highest BCUT2D eigenvalue weighted by Gasteiger charge is 2.27. The van der Waals surface area contributed by atoms with Gasteiger partial charge in [0.25, 0.3) is 5.91 Å². The van der Waals surface area contributed by atoms with Gasteiger partial charge in [0.2, 0.25) is 0 Å². The van der Waals surface area contributed by atoms with Gasteiger partial charge in [-0.1, -0.05) is 18.2 Å². The van der Waals surface area contributed by atoms with Gasteiger partial charge in [-0.3, -0.25) is 4.79 Å². The van der Waals surface area contributed by atoms with Crippen LogP contribution in [0.1, 0.15) is 41.6 Å². The van der Waals surface area contributed by atoms with E-state index in [1.54, 1.807) is 0 Å². The van der Waals surface area contributed by atoms with Crippen LogP contribution in [-0.4, -0.2) is 35.1 Å². The Hall–Kier alpha value is -1.35. The van der Waals surface area contributed by atoms with Crippen LogP contribution in [0.25, 0.3) is 0 Å². The maximum atomic E-state index is 12.4. The lowest BCUT2D eigenvalue weighted by atomic mass is 9.86. The first-order valence-corrected chi connectivity index (χ1v) is 7.29. The highest BCUT2D eigenvalue weighted by Crippen LogP contribution is 2.27. The molecule has 1 amide bonds. The van der Waals surface area contributed by atoms with Gasteiger partial charge in [0.15, 0.2) is 0 Å². The number of rotatable bonds is 2. The summed E-state index contributed by atoms with van der Waals surface area (Å²) in [6.45, 7) is 1.70. The highest BCUT2D eigenvalue weighted by molar-refractivity contribution is 5.96. The minimum atomic E-state index is -0.117. The van der Waals surface area contributed by atoms with Crippen molar-refractivity contribution in [2.75, 3.05) is 13.1 Å². The Morgan fingerprint density at radius 1 is 1.16 bits per heavy atom. The van der Waals surface area contributed by atoms with Gasteiger partial charge in [-0.25, -0.2) is 0 Å². The molecule has 0 saturated heterocycles. The lowest BCUT2D eigenvalue weighted by Gasteiger charge is -2.34. The van der Waals surface area contributed by atoms with Crippen molar-refractivity contribution >= 4 is 5.91 Å². The Morgan fingerprint density at radius 3 is 2.68 bits per heavy atom. The summed E-state index contributed by atoms with van der Waals surface area (Å²) in [5, 5.41) is 9.53. The van der Waals surface area contributed by atoms with Crippen LogP contribution in [0.3, 0.4) is 0 Å². The molecule has 102 valence electrons. The van der Waals surface area contributed by atoms with E-state index >= 15 is 0 Å². The number of fused-ring (bicyclic) bond motifs is 1. The van der Waals surface area contributed by atoms with E-state index in [9.17, 15) is 9.90 Å². The van der Waals surface area contributed by atoms with E-state index < -0.39 is 0 Å². The van der Waals surface area contributed by atoms with E-state index in [0.717, 1.165) is 50.8 Å². The van der Waals surface area contributed by atoms with Gasteiger partial charge in [0.1, 0.15) is 0 Å². The Balaban J connectivity index is 1.66. The average Bonchev–Trinajstić information content (AvgIpc) is 2.45. The zero-order chi connectivity index (χ0) is 13.2. The molecule has 1 aromatic carbocycles. The van der Waals surface area contributed by atoms with Crippen molar-refractivity contribution < 1.29 is 9.90 Å². The molecule has 19 heavy (non-hydrogen) atoms. The SMILES string of the molecule is O=C1c2ccccc2CCN1CC1CCC(O)CC1. The third-order valence-corrected chi connectivity index (χ3v) is 4.48. The van der Waals surface area contributed by atoms with Gasteiger partial charge in [-0.15, -0.1) is 0 Å². The number of carbonyl (C=O) groups is 1. The monoisotopic (exact) mass is 259 g/mol. The minimum Gasteiger partial charge on any atom is -0.393 e.